The van der Waals surface area contributed by atoms with E-state index in [-0.39, 0.29) is 11.0 Å². The van der Waals surface area contributed by atoms with Gasteiger partial charge in [-0.2, -0.15) is 0 Å². The van der Waals surface area contributed by atoms with Gasteiger partial charge >= 0.3 is 0 Å². The summed E-state index contributed by atoms with van der Waals surface area (Å²) in [5.41, 5.74) is 4.26. The van der Waals surface area contributed by atoms with Gasteiger partial charge in [-0.3, -0.25) is 9.36 Å². The summed E-state index contributed by atoms with van der Waals surface area (Å²) in [5, 5.41) is 0.867. The summed E-state index contributed by atoms with van der Waals surface area (Å²) >= 11 is 1.73. The van der Waals surface area contributed by atoms with E-state index in [4.69, 9.17) is 0 Å². The average molecular weight is 409 g/mol. The third-order valence-corrected chi connectivity index (χ3v) is 7.60. The quantitative estimate of drug-likeness (QED) is 0.525. The molecule has 1 atom stereocenters. The Balaban J connectivity index is 1.66. The van der Waals surface area contributed by atoms with Crippen LogP contribution in [0.5, 0.6) is 0 Å². The molecule has 3 aromatic rings. The molecule has 0 bridgehead atoms. The van der Waals surface area contributed by atoms with Crippen molar-refractivity contribution in [2.45, 2.75) is 72.8 Å². The molecule has 4 rings (SSSR count). The number of hydrogen-bond acceptors (Lipinski definition) is 3. The molecule has 0 spiro atoms. The first-order chi connectivity index (χ1) is 13.5. The van der Waals surface area contributed by atoms with Crippen molar-refractivity contribution < 1.29 is 0 Å². The number of aromatic nitrogens is 2. The summed E-state index contributed by atoms with van der Waals surface area (Å²) in [7, 11) is 0. The number of nitrogens with zero attached hydrogens (tertiary/aromatic N) is 2. The minimum atomic E-state index is 0.113. The highest BCUT2D eigenvalue weighted by Gasteiger charge is 2.31. The molecule has 0 amide bonds. The average Bonchev–Trinajstić information content (AvgIpc) is 3.01. The second-order valence-corrected chi connectivity index (χ2v) is 11.7. The minimum absolute atomic E-state index is 0.113. The van der Waals surface area contributed by atoms with Crippen LogP contribution in [0.3, 0.4) is 0 Å². The van der Waals surface area contributed by atoms with Gasteiger partial charge in [-0.1, -0.05) is 65.8 Å². The molecule has 2 aromatic heterocycles. The molecule has 0 N–H and O–H groups in total. The van der Waals surface area contributed by atoms with Crippen molar-refractivity contribution in [2.24, 2.45) is 11.3 Å². The van der Waals surface area contributed by atoms with Crippen molar-refractivity contribution in [2.75, 3.05) is 0 Å². The molecule has 154 valence electrons. The zero-order valence-electron chi connectivity index (χ0n) is 18.5. The van der Waals surface area contributed by atoms with Crippen molar-refractivity contribution in [1.82, 2.24) is 9.55 Å². The molecule has 1 aliphatic carbocycles. The van der Waals surface area contributed by atoms with Crippen LogP contribution in [0.4, 0.5) is 0 Å². The highest BCUT2D eigenvalue weighted by atomic mass is 32.1. The van der Waals surface area contributed by atoms with Gasteiger partial charge in [-0.05, 0) is 52.7 Å². The molecular formula is C25H32N2OS. The Morgan fingerprint density at radius 3 is 2.41 bits per heavy atom. The van der Waals surface area contributed by atoms with Crippen molar-refractivity contribution in [3.05, 3.63) is 62.5 Å². The highest BCUT2D eigenvalue weighted by molar-refractivity contribution is 7.18. The van der Waals surface area contributed by atoms with Crippen molar-refractivity contribution in [3.8, 4) is 0 Å². The van der Waals surface area contributed by atoms with E-state index in [2.05, 4.69) is 70.8 Å². The molecule has 3 nitrogen and oxygen atoms in total. The van der Waals surface area contributed by atoms with Gasteiger partial charge in [0.25, 0.3) is 5.56 Å². The first kappa shape index (κ1) is 20.3. The standard InChI is InChI=1S/C25H32N2OS/c1-24(2,3)17-9-7-16(8-10-17)14-27-15-26-22-21(23(27)28)19-12-11-18(25(4,5)6)13-20(19)29-22/h7-10,15,18H,11-14H2,1-6H3. The SMILES string of the molecule is CC(C)(C)c1ccc(Cn2cnc3sc4c(c3c2=O)CCC(C(C)(C)C)C4)cc1. The zero-order valence-corrected chi connectivity index (χ0v) is 19.3. The number of aryl methyl sites for hydroxylation is 1. The summed E-state index contributed by atoms with van der Waals surface area (Å²) in [5.74, 6) is 0.673. The number of rotatable bonds is 2. The first-order valence-corrected chi connectivity index (χ1v) is 11.4. The Bertz CT molecular complexity index is 1090. The summed E-state index contributed by atoms with van der Waals surface area (Å²) in [6.45, 7) is 14.2. The van der Waals surface area contributed by atoms with Crippen LogP contribution in [0.15, 0.2) is 35.4 Å². The molecule has 2 heterocycles. The van der Waals surface area contributed by atoms with Crippen molar-refractivity contribution >= 4 is 21.6 Å². The maximum atomic E-state index is 13.3. The molecule has 0 saturated carbocycles. The summed E-state index contributed by atoms with van der Waals surface area (Å²) < 4.78 is 1.78. The molecule has 0 aliphatic heterocycles. The summed E-state index contributed by atoms with van der Waals surface area (Å²) in [4.78, 5) is 20.3. The number of fused-ring (bicyclic) bond motifs is 3. The lowest BCUT2D eigenvalue weighted by atomic mass is 9.72. The lowest BCUT2D eigenvalue weighted by Crippen LogP contribution is -2.27. The Kier molecular flexibility index (Phi) is 4.97. The fourth-order valence-electron chi connectivity index (χ4n) is 4.36. The predicted octanol–water partition coefficient (Wildman–Crippen LogP) is 5.95. The van der Waals surface area contributed by atoms with E-state index in [0.29, 0.717) is 17.9 Å². The van der Waals surface area contributed by atoms with E-state index in [9.17, 15) is 4.79 Å². The molecule has 0 radical (unpaired) electrons. The van der Waals surface area contributed by atoms with Crippen LogP contribution >= 0.6 is 11.3 Å². The highest BCUT2D eigenvalue weighted by Crippen LogP contribution is 2.41. The molecule has 29 heavy (non-hydrogen) atoms. The Labute approximate surface area is 177 Å². The van der Waals surface area contributed by atoms with E-state index in [1.54, 1.807) is 22.2 Å². The summed E-state index contributed by atoms with van der Waals surface area (Å²) in [6.07, 6.45) is 4.96. The number of benzene rings is 1. The smallest absolute Gasteiger partial charge is 0.262 e. The van der Waals surface area contributed by atoms with Crippen LogP contribution in [-0.4, -0.2) is 9.55 Å². The zero-order chi connectivity index (χ0) is 21.0. The van der Waals surface area contributed by atoms with Crippen molar-refractivity contribution in [3.63, 3.8) is 0 Å². The van der Waals surface area contributed by atoms with Crippen LogP contribution in [0.1, 0.15) is 69.5 Å². The van der Waals surface area contributed by atoms with E-state index < -0.39 is 0 Å². The van der Waals surface area contributed by atoms with Gasteiger partial charge in [0.2, 0.25) is 0 Å². The Hall–Kier alpha value is -1.94. The lowest BCUT2D eigenvalue weighted by Gasteiger charge is -2.33. The maximum Gasteiger partial charge on any atom is 0.262 e. The third-order valence-electron chi connectivity index (χ3n) is 6.43. The summed E-state index contributed by atoms with van der Waals surface area (Å²) in [6, 6.07) is 8.61. The molecular weight excluding hydrogens is 376 g/mol. The molecule has 0 saturated heterocycles. The van der Waals surface area contributed by atoms with Crippen LogP contribution < -0.4 is 5.56 Å². The van der Waals surface area contributed by atoms with Gasteiger partial charge in [-0.15, -0.1) is 11.3 Å². The van der Waals surface area contributed by atoms with Gasteiger partial charge in [0.15, 0.2) is 0 Å². The topological polar surface area (TPSA) is 34.9 Å². The normalized spacial score (nSPS) is 17.5. The molecule has 1 unspecified atom stereocenters. The van der Waals surface area contributed by atoms with E-state index >= 15 is 0 Å². The largest absolute Gasteiger partial charge is 0.294 e. The van der Waals surface area contributed by atoms with Crippen LogP contribution in [0, 0.1) is 11.3 Å². The van der Waals surface area contributed by atoms with E-state index in [1.807, 2.05) is 0 Å². The third kappa shape index (κ3) is 3.92. The van der Waals surface area contributed by atoms with Gasteiger partial charge in [0, 0.05) is 4.88 Å². The van der Waals surface area contributed by atoms with Crippen LogP contribution in [0.2, 0.25) is 0 Å². The Morgan fingerprint density at radius 1 is 1.10 bits per heavy atom. The lowest BCUT2D eigenvalue weighted by molar-refractivity contribution is 0.218. The number of thiophene rings is 1. The fourth-order valence-corrected chi connectivity index (χ4v) is 5.62. The second-order valence-electron chi connectivity index (χ2n) is 10.6. The minimum Gasteiger partial charge on any atom is -0.294 e. The molecule has 1 aromatic carbocycles. The van der Waals surface area contributed by atoms with Crippen LogP contribution in [-0.2, 0) is 24.8 Å². The molecule has 1 aliphatic rings. The fraction of sp³-hybridized carbons (Fsp3) is 0.520. The monoisotopic (exact) mass is 408 g/mol. The Morgan fingerprint density at radius 2 is 1.79 bits per heavy atom. The van der Waals surface area contributed by atoms with Gasteiger partial charge in [-0.25, -0.2) is 4.98 Å². The first-order valence-electron chi connectivity index (χ1n) is 10.6. The van der Waals surface area contributed by atoms with Gasteiger partial charge < -0.3 is 0 Å². The van der Waals surface area contributed by atoms with E-state index in [1.165, 1.54) is 16.0 Å². The van der Waals surface area contributed by atoms with Gasteiger partial charge in [0.05, 0.1) is 18.3 Å². The van der Waals surface area contributed by atoms with E-state index in [0.717, 1.165) is 35.0 Å². The molecule has 4 heteroatoms. The van der Waals surface area contributed by atoms with Crippen molar-refractivity contribution in [1.29, 1.82) is 0 Å². The van der Waals surface area contributed by atoms with Gasteiger partial charge in [0.1, 0.15) is 4.83 Å². The second kappa shape index (κ2) is 7.09. The van der Waals surface area contributed by atoms with Crippen LogP contribution in [0.25, 0.3) is 10.2 Å². The number of hydrogen-bond donors (Lipinski definition) is 0. The predicted molar refractivity (Wildman–Crippen MR) is 123 cm³/mol. The molecule has 0 fully saturated rings. The maximum absolute atomic E-state index is 13.3.